The van der Waals surface area contributed by atoms with Crippen molar-refractivity contribution in [3.05, 3.63) is 94.5 Å². The molecule has 1 saturated carbocycles. The van der Waals surface area contributed by atoms with Crippen LogP contribution in [0.1, 0.15) is 103 Å². The van der Waals surface area contributed by atoms with Crippen molar-refractivity contribution in [2.45, 2.75) is 93.3 Å². The highest BCUT2D eigenvalue weighted by Crippen LogP contribution is 2.46. The van der Waals surface area contributed by atoms with Gasteiger partial charge < -0.3 is 19.7 Å². The standard InChI is InChI=1S/C38H46O4/c1-21(2)23-11-13-31-27(15-23)25(19-33(41-31)37(5,6)7)17-29-35(39)30(36(29)40)18-26-20-34(38(8,9)10)42-32-14-12-24(22(3)4)16-28(26)32/h11-22,29-30,35-36H,1-10H3/q-2/b25-17+,26-18+. The molecule has 0 bridgehead atoms. The van der Waals surface area contributed by atoms with Crippen molar-refractivity contribution >= 4 is 11.1 Å². The van der Waals surface area contributed by atoms with Crippen LogP contribution in [0.15, 0.2) is 72.2 Å². The SMILES string of the molecule is CC(C)c1ccc2c(c1)/C(=C/C1C([O-])C(/C=C3\C=C(C(C)(C)C)Oc4ccc(C(C)C)cc43)C1[O-])C=C(C(C)(C)C)O2. The Balaban J connectivity index is 1.52. The van der Waals surface area contributed by atoms with Crippen LogP contribution in [0.3, 0.4) is 0 Å². The Morgan fingerprint density at radius 1 is 0.619 bits per heavy atom. The lowest BCUT2D eigenvalue weighted by atomic mass is 9.67. The minimum atomic E-state index is -1.02. The lowest BCUT2D eigenvalue weighted by Gasteiger charge is -2.60. The molecule has 2 aromatic rings. The highest BCUT2D eigenvalue weighted by molar-refractivity contribution is 5.82. The van der Waals surface area contributed by atoms with Gasteiger partial charge in [0.1, 0.15) is 23.0 Å². The predicted octanol–water partition coefficient (Wildman–Crippen LogP) is 7.75. The molecule has 2 aromatic carbocycles. The lowest BCUT2D eigenvalue weighted by Crippen LogP contribution is -2.65. The number of benzene rings is 2. The van der Waals surface area contributed by atoms with Gasteiger partial charge in [-0.1, -0.05) is 93.5 Å². The van der Waals surface area contributed by atoms with Gasteiger partial charge in [0.2, 0.25) is 0 Å². The van der Waals surface area contributed by atoms with Crippen LogP contribution in [0.4, 0.5) is 0 Å². The second-order valence-electron chi connectivity index (χ2n) is 14.9. The van der Waals surface area contributed by atoms with Crippen LogP contribution in [-0.2, 0) is 0 Å². The van der Waals surface area contributed by atoms with E-state index >= 15 is 0 Å². The first kappa shape index (κ1) is 30.4. The van der Waals surface area contributed by atoms with Gasteiger partial charge >= 0.3 is 0 Å². The Labute approximate surface area is 252 Å². The summed E-state index contributed by atoms with van der Waals surface area (Å²) in [6.45, 7) is 21.3. The third-order valence-electron chi connectivity index (χ3n) is 8.72. The Morgan fingerprint density at radius 3 is 1.29 bits per heavy atom. The third kappa shape index (κ3) is 5.76. The molecule has 0 N–H and O–H groups in total. The van der Waals surface area contributed by atoms with Crippen molar-refractivity contribution in [1.29, 1.82) is 0 Å². The summed E-state index contributed by atoms with van der Waals surface area (Å²) in [6, 6.07) is 12.5. The maximum atomic E-state index is 13.7. The molecule has 0 saturated heterocycles. The van der Waals surface area contributed by atoms with Gasteiger partial charge in [0.05, 0.1) is 0 Å². The largest absolute Gasteiger partial charge is 0.851 e. The van der Waals surface area contributed by atoms with Gasteiger partial charge in [-0.2, -0.15) is 0 Å². The van der Waals surface area contributed by atoms with E-state index in [4.69, 9.17) is 9.47 Å². The van der Waals surface area contributed by atoms with E-state index in [0.717, 1.165) is 45.3 Å². The molecular weight excluding hydrogens is 520 g/mol. The van der Waals surface area contributed by atoms with Crippen molar-refractivity contribution in [3.8, 4) is 11.5 Å². The maximum Gasteiger partial charge on any atom is 0.134 e. The maximum absolute atomic E-state index is 13.7. The summed E-state index contributed by atoms with van der Waals surface area (Å²) < 4.78 is 12.6. The minimum Gasteiger partial charge on any atom is -0.851 e. The van der Waals surface area contributed by atoms with Crippen molar-refractivity contribution in [1.82, 2.24) is 0 Å². The molecule has 4 nitrogen and oxygen atoms in total. The van der Waals surface area contributed by atoms with Gasteiger partial charge in [0.15, 0.2) is 0 Å². The molecule has 1 fully saturated rings. The fourth-order valence-electron chi connectivity index (χ4n) is 5.73. The Kier molecular flexibility index (Phi) is 7.87. The van der Waals surface area contributed by atoms with Crippen LogP contribution in [0.5, 0.6) is 11.5 Å². The van der Waals surface area contributed by atoms with Crippen LogP contribution in [0.25, 0.3) is 11.1 Å². The van der Waals surface area contributed by atoms with Crippen LogP contribution < -0.4 is 19.7 Å². The number of ether oxygens (including phenoxy) is 2. The second kappa shape index (κ2) is 10.9. The van der Waals surface area contributed by atoms with Crippen molar-refractivity contribution in [2.75, 3.05) is 0 Å². The number of rotatable bonds is 4. The van der Waals surface area contributed by atoms with Crippen LogP contribution >= 0.6 is 0 Å². The molecule has 224 valence electrons. The Bertz CT molecular complexity index is 1360. The lowest BCUT2D eigenvalue weighted by molar-refractivity contribution is -0.549. The first-order valence-electron chi connectivity index (χ1n) is 15.4. The van der Waals surface area contributed by atoms with Gasteiger partial charge in [0.25, 0.3) is 0 Å². The topological polar surface area (TPSA) is 64.6 Å². The first-order valence-corrected chi connectivity index (χ1v) is 15.4. The molecule has 0 unspecified atom stereocenters. The molecule has 0 spiro atoms. The van der Waals surface area contributed by atoms with E-state index in [0.29, 0.717) is 11.8 Å². The zero-order chi connectivity index (χ0) is 30.7. The summed E-state index contributed by atoms with van der Waals surface area (Å²) in [5.74, 6) is 2.71. The quantitative estimate of drug-likeness (QED) is 0.380. The molecule has 0 radical (unpaired) electrons. The van der Waals surface area contributed by atoms with Gasteiger partial charge in [-0.3, -0.25) is 0 Å². The number of hydrogen-bond acceptors (Lipinski definition) is 4. The van der Waals surface area contributed by atoms with Crippen molar-refractivity contribution < 1.29 is 19.7 Å². The molecule has 0 aromatic heterocycles. The predicted molar refractivity (Wildman–Crippen MR) is 168 cm³/mol. The van der Waals surface area contributed by atoms with Crippen LogP contribution in [-0.4, -0.2) is 12.2 Å². The molecule has 2 heterocycles. The molecule has 3 aliphatic rings. The highest BCUT2D eigenvalue weighted by Gasteiger charge is 2.36. The average Bonchev–Trinajstić information content (AvgIpc) is 2.92. The molecular formula is C38H46O4-2. The van der Waals surface area contributed by atoms with E-state index in [1.807, 2.05) is 36.4 Å². The van der Waals surface area contributed by atoms with Gasteiger partial charge in [-0.25, -0.2) is 0 Å². The van der Waals surface area contributed by atoms with E-state index < -0.39 is 24.0 Å². The molecule has 1 aliphatic carbocycles. The molecule has 4 heteroatoms. The second-order valence-corrected chi connectivity index (χ2v) is 14.9. The Morgan fingerprint density at radius 2 is 0.976 bits per heavy atom. The minimum absolute atomic E-state index is 0.212. The zero-order valence-corrected chi connectivity index (χ0v) is 26.9. The molecule has 5 rings (SSSR count). The number of fused-ring (bicyclic) bond motifs is 2. The van der Waals surface area contributed by atoms with Gasteiger partial charge in [0, 0.05) is 22.0 Å². The summed E-state index contributed by atoms with van der Waals surface area (Å²) >= 11 is 0. The average molecular weight is 567 g/mol. The molecule has 42 heavy (non-hydrogen) atoms. The van der Waals surface area contributed by atoms with Crippen molar-refractivity contribution in [2.24, 2.45) is 22.7 Å². The van der Waals surface area contributed by atoms with Crippen molar-refractivity contribution in [3.63, 3.8) is 0 Å². The van der Waals surface area contributed by atoms with E-state index in [1.54, 1.807) is 0 Å². The third-order valence-corrected chi connectivity index (χ3v) is 8.72. The van der Waals surface area contributed by atoms with E-state index in [-0.39, 0.29) is 10.8 Å². The smallest absolute Gasteiger partial charge is 0.134 e. The summed E-state index contributed by atoms with van der Waals surface area (Å²) in [6.07, 6.45) is 5.85. The molecule has 0 amide bonds. The zero-order valence-electron chi connectivity index (χ0n) is 26.9. The van der Waals surface area contributed by atoms with Gasteiger partial charge in [-0.05, 0) is 82.4 Å². The number of hydrogen-bond donors (Lipinski definition) is 0. The number of allylic oxidation sites excluding steroid dienone is 6. The molecule has 0 atom stereocenters. The Hall–Kier alpha value is -3.08. The highest BCUT2D eigenvalue weighted by atomic mass is 16.5. The van der Waals surface area contributed by atoms with Crippen LogP contribution in [0.2, 0.25) is 0 Å². The summed E-state index contributed by atoms with van der Waals surface area (Å²) in [5.41, 5.74) is 5.70. The monoisotopic (exact) mass is 566 g/mol. The molecule has 2 aliphatic heterocycles. The van der Waals surface area contributed by atoms with E-state index in [1.165, 1.54) is 11.1 Å². The summed E-state index contributed by atoms with van der Waals surface area (Å²) in [4.78, 5) is 0. The van der Waals surface area contributed by atoms with E-state index in [9.17, 15) is 10.2 Å². The summed E-state index contributed by atoms with van der Waals surface area (Å²) in [5, 5.41) is 27.5. The van der Waals surface area contributed by atoms with E-state index in [2.05, 4.69) is 93.5 Å². The fourth-order valence-corrected chi connectivity index (χ4v) is 5.73. The van der Waals surface area contributed by atoms with Crippen LogP contribution in [0, 0.1) is 22.7 Å². The fraction of sp³-hybridized carbons (Fsp3) is 0.474. The first-order chi connectivity index (χ1) is 19.5. The van der Waals surface area contributed by atoms with Gasteiger partial charge in [-0.15, -0.1) is 12.2 Å². The normalized spacial score (nSPS) is 25.9. The summed E-state index contributed by atoms with van der Waals surface area (Å²) in [7, 11) is 0.